The van der Waals surface area contributed by atoms with Gasteiger partial charge in [-0.1, -0.05) is 11.6 Å². The molecule has 0 aliphatic heterocycles. The van der Waals surface area contributed by atoms with Crippen molar-refractivity contribution in [3.8, 4) is 0 Å². The van der Waals surface area contributed by atoms with E-state index in [0.717, 1.165) is 16.1 Å². The lowest BCUT2D eigenvalue weighted by molar-refractivity contribution is -0.120. The van der Waals surface area contributed by atoms with Crippen LogP contribution in [0.4, 0.5) is 0 Å². The van der Waals surface area contributed by atoms with Crippen LogP contribution in [-0.4, -0.2) is 17.5 Å². The van der Waals surface area contributed by atoms with Crippen LogP contribution >= 0.6 is 11.6 Å². The standard InChI is InChI=1S/C13H15ClN2O/c1-9-7-10(14)8-12-11(9)3-5-16(12)6-4-13(17)15-2/h3,5,7-8H,4,6H2,1-2H3,(H,15,17). The first-order valence-corrected chi connectivity index (χ1v) is 5.95. The Hall–Kier alpha value is -1.48. The second-order valence-electron chi connectivity index (χ2n) is 4.09. The Kier molecular flexibility index (Phi) is 3.38. The monoisotopic (exact) mass is 250 g/mol. The maximum Gasteiger partial charge on any atom is 0.221 e. The average molecular weight is 251 g/mol. The van der Waals surface area contributed by atoms with Crippen molar-refractivity contribution in [1.82, 2.24) is 9.88 Å². The van der Waals surface area contributed by atoms with Gasteiger partial charge in [0.05, 0.1) is 0 Å². The molecule has 0 radical (unpaired) electrons. The fraction of sp³-hybridized carbons (Fsp3) is 0.308. The molecule has 4 heteroatoms. The van der Waals surface area contributed by atoms with Crippen molar-refractivity contribution in [2.45, 2.75) is 19.9 Å². The molecule has 1 heterocycles. The van der Waals surface area contributed by atoms with Crippen molar-refractivity contribution in [3.05, 3.63) is 35.0 Å². The van der Waals surface area contributed by atoms with Crippen molar-refractivity contribution < 1.29 is 4.79 Å². The molecule has 1 amide bonds. The molecule has 17 heavy (non-hydrogen) atoms. The van der Waals surface area contributed by atoms with Crippen LogP contribution in [0.25, 0.3) is 10.9 Å². The van der Waals surface area contributed by atoms with Crippen LogP contribution in [0.1, 0.15) is 12.0 Å². The highest BCUT2D eigenvalue weighted by Crippen LogP contribution is 2.24. The van der Waals surface area contributed by atoms with Gasteiger partial charge in [0, 0.05) is 42.1 Å². The molecule has 2 aromatic rings. The number of fused-ring (bicyclic) bond motifs is 1. The number of nitrogens with zero attached hydrogens (tertiary/aromatic N) is 1. The molecule has 0 fully saturated rings. The summed E-state index contributed by atoms with van der Waals surface area (Å²) in [5, 5.41) is 4.54. The van der Waals surface area contributed by atoms with Crippen molar-refractivity contribution in [1.29, 1.82) is 0 Å². The number of aromatic nitrogens is 1. The lowest BCUT2D eigenvalue weighted by Gasteiger charge is -2.06. The highest BCUT2D eigenvalue weighted by Gasteiger charge is 2.06. The number of carbonyl (C=O) groups excluding carboxylic acids is 1. The zero-order valence-corrected chi connectivity index (χ0v) is 10.7. The summed E-state index contributed by atoms with van der Waals surface area (Å²) >= 11 is 6.05. The molecular formula is C13H15ClN2O. The van der Waals surface area contributed by atoms with Gasteiger partial charge in [-0.05, 0) is 30.7 Å². The van der Waals surface area contributed by atoms with Gasteiger partial charge in [-0.25, -0.2) is 0 Å². The Bertz CT molecular complexity index is 560. The third kappa shape index (κ3) is 2.44. The summed E-state index contributed by atoms with van der Waals surface area (Å²) in [6.45, 7) is 2.71. The number of halogens is 1. The van der Waals surface area contributed by atoms with Crippen molar-refractivity contribution in [2.75, 3.05) is 7.05 Å². The summed E-state index contributed by atoms with van der Waals surface area (Å²) in [6, 6.07) is 5.95. The first-order valence-electron chi connectivity index (χ1n) is 5.57. The zero-order chi connectivity index (χ0) is 12.4. The number of nitrogens with one attached hydrogen (secondary N) is 1. The highest BCUT2D eigenvalue weighted by molar-refractivity contribution is 6.31. The van der Waals surface area contributed by atoms with E-state index in [2.05, 4.69) is 16.0 Å². The molecule has 90 valence electrons. The van der Waals surface area contributed by atoms with Crippen LogP contribution in [0.5, 0.6) is 0 Å². The van der Waals surface area contributed by atoms with Gasteiger partial charge < -0.3 is 9.88 Å². The molecule has 1 aromatic carbocycles. The molecule has 1 aromatic heterocycles. The van der Waals surface area contributed by atoms with Gasteiger partial charge in [-0.15, -0.1) is 0 Å². The number of rotatable bonds is 3. The SMILES string of the molecule is CNC(=O)CCn1ccc2c(C)cc(Cl)cc21. The summed E-state index contributed by atoms with van der Waals surface area (Å²) in [5.74, 6) is 0.0469. The van der Waals surface area contributed by atoms with E-state index in [1.165, 1.54) is 5.39 Å². The molecular weight excluding hydrogens is 236 g/mol. The number of aryl methyl sites for hydroxylation is 2. The molecule has 0 unspecified atom stereocenters. The second-order valence-corrected chi connectivity index (χ2v) is 4.52. The Balaban J connectivity index is 2.32. The zero-order valence-electron chi connectivity index (χ0n) is 9.96. The summed E-state index contributed by atoms with van der Waals surface area (Å²) in [6.07, 6.45) is 2.47. The Morgan fingerprint density at radius 1 is 1.47 bits per heavy atom. The summed E-state index contributed by atoms with van der Waals surface area (Å²) in [5.41, 5.74) is 2.24. The van der Waals surface area contributed by atoms with E-state index < -0.39 is 0 Å². The Morgan fingerprint density at radius 3 is 2.94 bits per heavy atom. The van der Waals surface area contributed by atoms with Crippen LogP contribution < -0.4 is 5.32 Å². The molecule has 3 nitrogen and oxygen atoms in total. The minimum Gasteiger partial charge on any atom is -0.359 e. The predicted octanol–water partition coefficient (Wildman–Crippen LogP) is 2.74. The van der Waals surface area contributed by atoms with Gasteiger partial charge in [0.15, 0.2) is 0 Å². The van der Waals surface area contributed by atoms with Gasteiger partial charge in [0.1, 0.15) is 0 Å². The topological polar surface area (TPSA) is 34.0 Å². The number of carbonyl (C=O) groups is 1. The van der Waals surface area contributed by atoms with Crippen LogP contribution in [0.3, 0.4) is 0 Å². The normalized spacial score (nSPS) is 10.8. The number of hydrogen-bond donors (Lipinski definition) is 1. The molecule has 0 bridgehead atoms. The Labute approximate surface area is 105 Å². The number of amides is 1. The van der Waals surface area contributed by atoms with E-state index >= 15 is 0 Å². The largest absolute Gasteiger partial charge is 0.359 e. The predicted molar refractivity (Wildman–Crippen MR) is 70.4 cm³/mol. The average Bonchev–Trinajstić information content (AvgIpc) is 2.69. The molecule has 2 rings (SSSR count). The fourth-order valence-electron chi connectivity index (χ4n) is 1.98. The van der Waals surface area contributed by atoms with Crippen molar-refractivity contribution in [2.24, 2.45) is 0 Å². The molecule has 0 atom stereocenters. The molecule has 0 saturated heterocycles. The Morgan fingerprint density at radius 2 is 2.24 bits per heavy atom. The van der Waals surface area contributed by atoms with E-state index in [1.54, 1.807) is 7.05 Å². The van der Waals surface area contributed by atoms with Crippen LogP contribution in [0.15, 0.2) is 24.4 Å². The first-order chi connectivity index (χ1) is 8.11. The maximum atomic E-state index is 11.2. The lowest BCUT2D eigenvalue weighted by atomic mass is 10.1. The van der Waals surface area contributed by atoms with E-state index in [0.29, 0.717) is 13.0 Å². The summed E-state index contributed by atoms with van der Waals surface area (Å²) in [4.78, 5) is 11.2. The first kappa shape index (κ1) is 12.0. The third-order valence-corrected chi connectivity index (χ3v) is 3.14. The van der Waals surface area contributed by atoms with Gasteiger partial charge in [-0.3, -0.25) is 4.79 Å². The van der Waals surface area contributed by atoms with Crippen LogP contribution in [0.2, 0.25) is 5.02 Å². The molecule has 0 saturated carbocycles. The van der Waals surface area contributed by atoms with E-state index in [4.69, 9.17) is 11.6 Å². The number of hydrogen-bond acceptors (Lipinski definition) is 1. The maximum absolute atomic E-state index is 11.2. The quantitative estimate of drug-likeness (QED) is 0.893. The minimum atomic E-state index is 0.0469. The third-order valence-electron chi connectivity index (χ3n) is 2.92. The van der Waals surface area contributed by atoms with Crippen molar-refractivity contribution in [3.63, 3.8) is 0 Å². The van der Waals surface area contributed by atoms with E-state index in [9.17, 15) is 4.79 Å². The lowest BCUT2D eigenvalue weighted by Crippen LogP contribution is -2.19. The molecule has 0 aliphatic rings. The molecule has 1 N–H and O–H groups in total. The smallest absolute Gasteiger partial charge is 0.221 e. The molecule has 0 aliphatic carbocycles. The summed E-state index contributed by atoms with van der Waals surface area (Å²) < 4.78 is 2.06. The van der Waals surface area contributed by atoms with Gasteiger partial charge >= 0.3 is 0 Å². The van der Waals surface area contributed by atoms with E-state index in [-0.39, 0.29) is 5.91 Å². The van der Waals surface area contributed by atoms with Gasteiger partial charge in [0.25, 0.3) is 0 Å². The van der Waals surface area contributed by atoms with Gasteiger partial charge in [-0.2, -0.15) is 0 Å². The van der Waals surface area contributed by atoms with Crippen molar-refractivity contribution >= 4 is 28.4 Å². The fourth-order valence-corrected chi connectivity index (χ4v) is 2.24. The van der Waals surface area contributed by atoms with E-state index in [1.807, 2.05) is 25.3 Å². The summed E-state index contributed by atoms with van der Waals surface area (Å²) in [7, 11) is 1.65. The van der Waals surface area contributed by atoms with Crippen LogP contribution in [-0.2, 0) is 11.3 Å². The highest BCUT2D eigenvalue weighted by atomic mass is 35.5. The molecule has 0 spiro atoms. The second kappa shape index (κ2) is 4.80. The minimum absolute atomic E-state index is 0.0469. The van der Waals surface area contributed by atoms with Gasteiger partial charge in [0.2, 0.25) is 5.91 Å². The van der Waals surface area contributed by atoms with Crippen LogP contribution in [0, 0.1) is 6.92 Å². The number of benzene rings is 1.